The van der Waals surface area contributed by atoms with E-state index < -0.39 is 0 Å². The fourth-order valence-electron chi connectivity index (χ4n) is 2.20. The van der Waals surface area contributed by atoms with E-state index in [1.807, 2.05) is 12.4 Å². The van der Waals surface area contributed by atoms with Gasteiger partial charge in [-0.05, 0) is 49.6 Å². The summed E-state index contributed by atoms with van der Waals surface area (Å²) in [7, 11) is 0. The molecule has 1 aliphatic heterocycles. The SMILES string of the molecule is CCCNC(CCc1ccncc1)C1=CCCO1. The molecule has 3 nitrogen and oxygen atoms in total. The number of nitrogens with zero attached hydrogens (tertiary/aromatic N) is 1. The Morgan fingerprint density at radius 2 is 2.22 bits per heavy atom. The van der Waals surface area contributed by atoms with Gasteiger partial charge in [0, 0.05) is 18.8 Å². The molecule has 1 atom stereocenters. The maximum absolute atomic E-state index is 5.69. The van der Waals surface area contributed by atoms with Crippen LogP contribution in [-0.4, -0.2) is 24.2 Å². The third-order valence-electron chi connectivity index (χ3n) is 3.19. The molecule has 0 saturated carbocycles. The van der Waals surface area contributed by atoms with Gasteiger partial charge in [-0.25, -0.2) is 0 Å². The van der Waals surface area contributed by atoms with Crippen molar-refractivity contribution in [2.75, 3.05) is 13.2 Å². The van der Waals surface area contributed by atoms with E-state index in [0.29, 0.717) is 6.04 Å². The number of rotatable bonds is 7. The molecule has 0 radical (unpaired) electrons. The summed E-state index contributed by atoms with van der Waals surface area (Å²) in [4.78, 5) is 4.05. The highest BCUT2D eigenvalue weighted by molar-refractivity contribution is 5.13. The van der Waals surface area contributed by atoms with E-state index in [0.717, 1.165) is 44.6 Å². The molecule has 0 aliphatic carbocycles. The van der Waals surface area contributed by atoms with Crippen LogP contribution in [0.4, 0.5) is 0 Å². The summed E-state index contributed by atoms with van der Waals surface area (Å²) in [5, 5.41) is 3.57. The van der Waals surface area contributed by atoms with Crippen molar-refractivity contribution < 1.29 is 4.74 Å². The highest BCUT2D eigenvalue weighted by atomic mass is 16.5. The molecule has 0 amide bonds. The van der Waals surface area contributed by atoms with Gasteiger partial charge in [0.2, 0.25) is 0 Å². The molecule has 0 bridgehead atoms. The first kappa shape index (κ1) is 13.1. The first-order valence-corrected chi connectivity index (χ1v) is 6.85. The summed E-state index contributed by atoms with van der Waals surface area (Å²) < 4.78 is 5.69. The van der Waals surface area contributed by atoms with Crippen molar-refractivity contribution in [3.8, 4) is 0 Å². The number of hydrogen-bond acceptors (Lipinski definition) is 3. The Hall–Kier alpha value is -1.35. The molecule has 0 fully saturated rings. The standard InChI is InChI=1S/C15H22N2O/c1-2-9-17-14(15-4-3-12-18-15)6-5-13-7-10-16-11-8-13/h4,7-8,10-11,14,17H,2-3,5-6,9,12H2,1H3. The largest absolute Gasteiger partial charge is 0.496 e. The number of aryl methyl sites for hydroxylation is 1. The van der Waals surface area contributed by atoms with Crippen LogP contribution in [-0.2, 0) is 11.2 Å². The van der Waals surface area contributed by atoms with E-state index >= 15 is 0 Å². The van der Waals surface area contributed by atoms with Gasteiger partial charge in [0.25, 0.3) is 0 Å². The van der Waals surface area contributed by atoms with Crippen LogP contribution < -0.4 is 5.32 Å². The van der Waals surface area contributed by atoms with Gasteiger partial charge >= 0.3 is 0 Å². The fourth-order valence-corrected chi connectivity index (χ4v) is 2.20. The Morgan fingerprint density at radius 3 is 2.89 bits per heavy atom. The number of aromatic nitrogens is 1. The van der Waals surface area contributed by atoms with Crippen molar-refractivity contribution in [3.63, 3.8) is 0 Å². The molecular weight excluding hydrogens is 224 g/mol. The molecule has 18 heavy (non-hydrogen) atoms. The lowest BCUT2D eigenvalue weighted by molar-refractivity contribution is 0.211. The predicted molar refractivity (Wildman–Crippen MR) is 73.3 cm³/mol. The minimum absolute atomic E-state index is 0.362. The average molecular weight is 246 g/mol. The van der Waals surface area contributed by atoms with Crippen molar-refractivity contribution >= 4 is 0 Å². The third kappa shape index (κ3) is 3.84. The highest BCUT2D eigenvalue weighted by Gasteiger charge is 2.17. The van der Waals surface area contributed by atoms with E-state index in [1.54, 1.807) is 0 Å². The van der Waals surface area contributed by atoms with Crippen LogP contribution in [0, 0.1) is 0 Å². The number of nitrogens with one attached hydrogen (secondary N) is 1. The first-order valence-electron chi connectivity index (χ1n) is 6.85. The van der Waals surface area contributed by atoms with Crippen molar-refractivity contribution in [1.29, 1.82) is 0 Å². The van der Waals surface area contributed by atoms with Gasteiger partial charge in [0.05, 0.1) is 12.6 Å². The van der Waals surface area contributed by atoms with Crippen LogP contribution in [0.2, 0.25) is 0 Å². The monoisotopic (exact) mass is 246 g/mol. The predicted octanol–water partition coefficient (Wildman–Crippen LogP) is 2.69. The second-order valence-electron chi connectivity index (χ2n) is 4.64. The molecule has 1 aromatic heterocycles. The van der Waals surface area contributed by atoms with Gasteiger partial charge in [-0.15, -0.1) is 0 Å². The van der Waals surface area contributed by atoms with Gasteiger partial charge < -0.3 is 10.1 Å². The third-order valence-corrected chi connectivity index (χ3v) is 3.19. The summed E-state index contributed by atoms with van der Waals surface area (Å²) in [5.74, 6) is 1.14. The summed E-state index contributed by atoms with van der Waals surface area (Å²) in [6.07, 6.45) is 10.3. The van der Waals surface area contributed by atoms with Crippen LogP contribution >= 0.6 is 0 Å². The zero-order valence-corrected chi connectivity index (χ0v) is 11.1. The van der Waals surface area contributed by atoms with Crippen molar-refractivity contribution in [1.82, 2.24) is 10.3 Å². The van der Waals surface area contributed by atoms with Gasteiger partial charge in [0.1, 0.15) is 5.76 Å². The summed E-state index contributed by atoms with van der Waals surface area (Å²) in [6, 6.07) is 4.53. The number of hydrogen-bond donors (Lipinski definition) is 1. The van der Waals surface area contributed by atoms with E-state index in [4.69, 9.17) is 4.74 Å². The second kappa shape index (κ2) is 7.17. The Labute approximate surface area is 109 Å². The Kier molecular flexibility index (Phi) is 5.21. The lowest BCUT2D eigenvalue weighted by Crippen LogP contribution is -2.32. The molecule has 0 aromatic carbocycles. The van der Waals surface area contributed by atoms with Crippen molar-refractivity contribution in [2.24, 2.45) is 0 Å². The van der Waals surface area contributed by atoms with E-state index in [9.17, 15) is 0 Å². The van der Waals surface area contributed by atoms with Crippen LogP contribution in [0.25, 0.3) is 0 Å². The quantitative estimate of drug-likeness (QED) is 0.803. The zero-order chi connectivity index (χ0) is 12.6. The lowest BCUT2D eigenvalue weighted by atomic mass is 10.0. The maximum atomic E-state index is 5.69. The van der Waals surface area contributed by atoms with Gasteiger partial charge in [-0.2, -0.15) is 0 Å². The molecule has 1 aliphatic rings. The fraction of sp³-hybridized carbons (Fsp3) is 0.533. The summed E-state index contributed by atoms with van der Waals surface area (Å²) in [6.45, 7) is 4.08. The minimum Gasteiger partial charge on any atom is -0.496 e. The molecule has 3 heteroatoms. The Balaban J connectivity index is 1.88. The second-order valence-corrected chi connectivity index (χ2v) is 4.64. The van der Waals surface area contributed by atoms with Crippen LogP contribution in [0.3, 0.4) is 0 Å². The summed E-state index contributed by atoms with van der Waals surface area (Å²) >= 11 is 0. The normalized spacial score (nSPS) is 16.2. The van der Waals surface area contributed by atoms with Gasteiger partial charge in [-0.3, -0.25) is 4.98 Å². The zero-order valence-electron chi connectivity index (χ0n) is 11.1. The molecule has 1 aromatic rings. The molecule has 2 heterocycles. The Bertz CT molecular complexity index is 375. The van der Waals surface area contributed by atoms with E-state index in [1.165, 1.54) is 5.56 Å². The number of pyridine rings is 1. The molecule has 1 unspecified atom stereocenters. The molecule has 0 spiro atoms. The lowest BCUT2D eigenvalue weighted by Gasteiger charge is -2.19. The molecule has 0 saturated heterocycles. The Morgan fingerprint density at radius 1 is 1.39 bits per heavy atom. The summed E-state index contributed by atoms with van der Waals surface area (Å²) in [5.41, 5.74) is 1.34. The molecule has 1 N–H and O–H groups in total. The molecule has 2 rings (SSSR count). The van der Waals surface area contributed by atoms with Gasteiger partial charge in [0.15, 0.2) is 0 Å². The first-order chi connectivity index (χ1) is 8.90. The van der Waals surface area contributed by atoms with E-state index in [2.05, 4.69) is 35.4 Å². The average Bonchev–Trinajstić information content (AvgIpc) is 2.94. The smallest absolute Gasteiger partial charge is 0.109 e. The van der Waals surface area contributed by atoms with Crippen LogP contribution in [0.1, 0.15) is 31.7 Å². The maximum Gasteiger partial charge on any atom is 0.109 e. The van der Waals surface area contributed by atoms with E-state index in [-0.39, 0.29) is 0 Å². The van der Waals surface area contributed by atoms with Crippen molar-refractivity contribution in [2.45, 2.75) is 38.6 Å². The minimum atomic E-state index is 0.362. The molecular formula is C15H22N2O. The van der Waals surface area contributed by atoms with Gasteiger partial charge in [-0.1, -0.05) is 6.92 Å². The molecule has 98 valence electrons. The topological polar surface area (TPSA) is 34.2 Å². The van der Waals surface area contributed by atoms with Crippen LogP contribution in [0.15, 0.2) is 36.4 Å². The van der Waals surface area contributed by atoms with Crippen molar-refractivity contribution in [3.05, 3.63) is 41.9 Å². The number of ether oxygens (including phenoxy) is 1. The highest BCUT2D eigenvalue weighted by Crippen LogP contribution is 2.17. The van der Waals surface area contributed by atoms with Crippen LogP contribution in [0.5, 0.6) is 0 Å².